The van der Waals surface area contributed by atoms with E-state index in [2.05, 4.69) is 47.0 Å². The number of benzene rings is 1. The summed E-state index contributed by atoms with van der Waals surface area (Å²) >= 11 is 0. The summed E-state index contributed by atoms with van der Waals surface area (Å²) in [6.45, 7) is 4.83. The number of aryl methyl sites for hydroxylation is 2. The van der Waals surface area contributed by atoms with Crippen molar-refractivity contribution in [1.29, 1.82) is 0 Å². The molecule has 0 spiro atoms. The van der Waals surface area contributed by atoms with E-state index in [0.717, 1.165) is 40.3 Å². The molecule has 5 heteroatoms. The Morgan fingerprint density at radius 1 is 0.926 bits per heavy atom. The molecule has 27 heavy (non-hydrogen) atoms. The molecule has 4 rings (SSSR count). The van der Waals surface area contributed by atoms with Gasteiger partial charge in [-0.2, -0.15) is 5.10 Å². The Kier molecular flexibility index (Phi) is 4.75. The first-order valence-corrected chi connectivity index (χ1v) is 9.08. The number of hydrogen-bond donors (Lipinski definition) is 0. The lowest BCUT2D eigenvalue weighted by Crippen LogP contribution is -2.04. The Morgan fingerprint density at radius 3 is 2.52 bits per heavy atom. The maximum absolute atomic E-state index is 4.71. The van der Waals surface area contributed by atoms with Gasteiger partial charge in [-0.1, -0.05) is 31.2 Å². The minimum atomic E-state index is 0.661. The van der Waals surface area contributed by atoms with E-state index < -0.39 is 0 Å². The normalized spacial score (nSPS) is 10.9. The second kappa shape index (κ2) is 7.50. The number of pyridine rings is 1. The third-order valence-electron chi connectivity index (χ3n) is 4.60. The van der Waals surface area contributed by atoms with Crippen molar-refractivity contribution in [3.63, 3.8) is 0 Å². The smallest absolute Gasteiger partial charge is 0.159 e. The lowest BCUT2D eigenvalue weighted by atomic mass is 10.1. The largest absolute Gasteiger partial charge is 0.266 e. The number of hydrogen-bond acceptors (Lipinski definition) is 4. The lowest BCUT2D eigenvalue weighted by molar-refractivity contribution is 0.671. The van der Waals surface area contributed by atoms with Gasteiger partial charge in [0.25, 0.3) is 0 Å². The lowest BCUT2D eigenvalue weighted by Gasteiger charge is -2.05. The summed E-state index contributed by atoms with van der Waals surface area (Å²) in [7, 11) is 0. The van der Waals surface area contributed by atoms with Gasteiger partial charge in [-0.25, -0.2) is 9.97 Å². The van der Waals surface area contributed by atoms with Crippen LogP contribution in [0.1, 0.15) is 23.7 Å². The van der Waals surface area contributed by atoms with E-state index in [1.54, 1.807) is 0 Å². The Balaban J connectivity index is 1.59. The summed E-state index contributed by atoms with van der Waals surface area (Å²) in [4.78, 5) is 13.4. The maximum Gasteiger partial charge on any atom is 0.159 e. The minimum absolute atomic E-state index is 0.661. The summed E-state index contributed by atoms with van der Waals surface area (Å²) in [6.07, 6.45) is 8.52. The molecule has 1 aromatic carbocycles. The van der Waals surface area contributed by atoms with Crippen molar-refractivity contribution < 1.29 is 0 Å². The van der Waals surface area contributed by atoms with Gasteiger partial charge in [0.2, 0.25) is 0 Å². The third kappa shape index (κ3) is 3.77. The summed E-state index contributed by atoms with van der Waals surface area (Å²) < 4.78 is 1.92. The van der Waals surface area contributed by atoms with Gasteiger partial charge in [0.15, 0.2) is 5.82 Å². The van der Waals surface area contributed by atoms with Crippen LogP contribution in [0.5, 0.6) is 0 Å². The number of rotatable bonds is 5. The number of nitrogens with zero attached hydrogens (tertiary/aromatic N) is 5. The Labute approximate surface area is 158 Å². The van der Waals surface area contributed by atoms with Crippen LogP contribution in [0.25, 0.3) is 22.6 Å². The molecule has 3 aromatic heterocycles. The van der Waals surface area contributed by atoms with E-state index in [0.29, 0.717) is 6.54 Å². The van der Waals surface area contributed by atoms with Crippen LogP contribution in [0.4, 0.5) is 0 Å². The van der Waals surface area contributed by atoms with Crippen LogP contribution in [0, 0.1) is 6.92 Å². The predicted octanol–water partition coefficient (Wildman–Crippen LogP) is 4.32. The standard InChI is InChI=1S/C22H21N5/c1-3-17-13-24-22(25-14-17)19-8-4-7-18(12-19)20-9-11-27(26-20)15-21-16(2)6-5-10-23-21/h4-14H,3,15H2,1-2H3. The molecule has 0 fully saturated rings. The second-order valence-corrected chi connectivity index (χ2v) is 6.51. The molecule has 0 amide bonds. The van der Waals surface area contributed by atoms with Gasteiger partial charge in [-0.3, -0.25) is 9.67 Å². The Bertz CT molecular complexity index is 1050. The van der Waals surface area contributed by atoms with E-state index in [1.165, 1.54) is 5.56 Å². The third-order valence-corrected chi connectivity index (χ3v) is 4.60. The fraction of sp³-hybridized carbons (Fsp3) is 0.182. The van der Waals surface area contributed by atoms with Gasteiger partial charge in [0.1, 0.15) is 0 Å². The van der Waals surface area contributed by atoms with Gasteiger partial charge in [-0.05, 0) is 42.7 Å². The molecule has 134 valence electrons. The zero-order valence-electron chi connectivity index (χ0n) is 15.5. The van der Waals surface area contributed by atoms with Crippen LogP contribution in [-0.2, 0) is 13.0 Å². The maximum atomic E-state index is 4.71. The zero-order valence-corrected chi connectivity index (χ0v) is 15.5. The second-order valence-electron chi connectivity index (χ2n) is 6.51. The van der Waals surface area contributed by atoms with E-state index >= 15 is 0 Å². The van der Waals surface area contributed by atoms with E-state index in [-0.39, 0.29) is 0 Å². The van der Waals surface area contributed by atoms with Crippen LogP contribution in [0.15, 0.2) is 67.3 Å². The topological polar surface area (TPSA) is 56.5 Å². The molecule has 0 bridgehead atoms. The molecule has 0 saturated carbocycles. The molecular formula is C22H21N5. The quantitative estimate of drug-likeness (QED) is 0.535. The SMILES string of the molecule is CCc1cnc(-c2cccc(-c3ccn(Cc4ncccc4C)n3)c2)nc1. The average Bonchev–Trinajstić information content (AvgIpc) is 3.19. The van der Waals surface area contributed by atoms with Crippen molar-refractivity contribution in [2.75, 3.05) is 0 Å². The molecule has 0 N–H and O–H groups in total. The minimum Gasteiger partial charge on any atom is -0.266 e. The molecule has 5 nitrogen and oxygen atoms in total. The van der Waals surface area contributed by atoms with E-state index in [9.17, 15) is 0 Å². The van der Waals surface area contributed by atoms with Crippen molar-refractivity contribution in [2.45, 2.75) is 26.8 Å². The van der Waals surface area contributed by atoms with Gasteiger partial charge >= 0.3 is 0 Å². The summed E-state index contributed by atoms with van der Waals surface area (Å²) in [6, 6.07) is 14.2. The van der Waals surface area contributed by atoms with Gasteiger partial charge < -0.3 is 0 Å². The van der Waals surface area contributed by atoms with Gasteiger partial charge in [0, 0.05) is 35.9 Å². The average molecular weight is 355 g/mol. The monoisotopic (exact) mass is 355 g/mol. The highest BCUT2D eigenvalue weighted by molar-refractivity contribution is 5.67. The molecule has 0 unspecified atom stereocenters. The number of aromatic nitrogens is 5. The Morgan fingerprint density at radius 2 is 1.74 bits per heavy atom. The highest BCUT2D eigenvalue weighted by Crippen LogP contribution is 2.23. The van der Waals surface area contributed by atoms with Gasteiger partial charge in [-0.15, -0.1) is 0 Å². The zero-order chi connectivity index (χ0) is 18.6. The molecule has 4 aromatic rings. The van der Waals surface area contributed by atoms with Crippen LogP contribution in [0.3, 0.4) is 0 Å². The van der Waals surface area contributed by atoms with Crippen molar-refractivity contribution in [2.24, 2.45) is 0 Å². The van der Waals surface area contributed by atoms with Crippen LogP contribution in [0.2, 0.25) is 0 Å². The van der Waals surface area contributed by atoms with Crippen molar-refractivity contribution >= 4 is 0 Å². The van der Waals surface area contributed by atoms with Crippen LogP contribution < -0.4 is 0 Å². The first-order chi connectivity index (χ1) is 13.2. The van der Waals surface area contributed by atoms with E-state index in [4.69, 9.17) is 5.10 Å². The molecule has 0 aliphatic rings. The summed E-state index contributed by atoms with van der Waals surface area (Å²) in [5.41, 5.74) is 6.31. The Hall–Kier alpha value is -3.34. The fourth-order valence-corrected chi connectivity index (χ4v) is 2.95. The molecule has 0 aliphatic heterocycles. The highest BCUT2D eigenvalue weighted by Gasteiger charge is 2.08. The molecule has 0 atom stereocenters. The fourth-order valence-electron chi connectivity index (χ4n) is 2.95. The predicted molar refractivity (Wildman–Crippen MR) is 106 cm³/mol. The van der Waals surface area contributed by atoms with Crippen molar-refractivity contribution in [3.8, 4) is 22.6 Å². The van der Waals surface area contributed by atoms with Crippen molar-refractivity contribution in [3.05, 3.63) is 84.1 Å². The highest BCUT2D eigenvalue weighted by atomic mass is 15.3. The first-order valence-electron chi connectivity index (χ1n) is 9.08. The van der Waals surface area contributed by atoms with E-state index in [1.807, 2.05) is 53.7 Å². The van der Waals surface area contributed by atoms with Gasteiger partial charge in [0.05, 0.1) is 17.9 Å². The molecule has 0 saturated heterocycles. The summed E-state index contributed by atoms with van der Waals surface area (Å²) in [5, 5.41) is 4.71. The summed E-state index contributed by atoms with van der Waals surface area (Å²) in [5.74, 6) is 0.734. The molecular weight excluding hydrogens is 334 g/mol. The van der Waals surface area contributed by atoms with Crippen molar-refractivity contribution in [1.82, 2.24) is 24.7 Å². The van der Waals surface area contributed by atoms with Crippen LogP contribution in [-0.4, -0.2) is 24.7 Å². The first kappa shape index (κ1) is 17.1. The van der Waals surface area contributed by atoms with Crippen LogP contribution >= 0.6 is 0 Å². The molecule has 0 aliphatic carbocycles. The molecule has 0 radical (unpaired) electrons. The molecule has 3 heterocycles.